The summed E-state index contributed by atoms with van der Waals surface area (Å²) in [6.07, 6.45) is 1.73. The smallest absolute Gasteiger partial charge is 0.335 e. The van der Waals surface area contributed by atoms with E-state index in [1.54, 1.807) is 30.3 Å². The highest BCUT2D eigenvalue weighted by atomic mass is 32.2. The lowest BCUT2D eigenvalue weighted by molar-refractivity contribution is -0.123. The van der Waals surface area contributed by atoms with Crippen LogP contribution in [-0.2, 0) is 4.79 Å². The SMILES string of the molecule is Cc1cccc(OCCN2C(=O)S/C(=C\c3cc(C)n(-c4ccc(C(=O)O)cc4)c3C)C2=O)c1. The maximum Gasteiger partial charge on any atom is 0.335 e. The van der Waals surface area contributed by atoms with E-state index in [1.807, 2.05) is 55.7 Å². The van der Waals surface area contributed by atoms with Crippen LogP contribution in [0.1, 0.15) is 32.9 Å². The number of aryl methyl sites for hydroxylation is 2. The molecule has 8 heteroatoms. The Morgan fingerprint density at radius 3 is 2.47 bits per heavy atom. The van der Waals surface area contributed by atoms with Crippen molar-refractivity contribution in [1.29, 1.82) is 0 Å². The number of aromatic nitrogens is 1. The van der Waals surface area contributed by atoms with Gasteiger partial charge in [0.15, 0.2) is 0 Å². The summed E-state index contributed by atoms with van der Waals surface area (Å²) in [5.41, 5.74) is 4.74. The van der Waals surface area contributed by atoms with E-state index in [4.69, 9.17) is 9.84 Å². The van der Waals surface area contributed by atoms with Crippen LogP contribution in [0.5, 0.6) is 5.75 Å². The number of nitrogens with zero attached hydrogens (tertiary/aromatic N) is 2. The molecule has 2 aromatic carbocycles. The van der Waals surface area contributed by atoms with Crippen molar-refractivity contribution in [3.63, 3.8) is 0 Å². The molecule has 0 unspecified atom stereocenters. The molecule has 1 saturated heterocycles. The predicted molar refractivity (Wildman–Crippen MR) is 132 cm³/mol. The number of carboxylic acids is 1. The molecule has 34 heavy (non-hydrogen) atoms. The molecule has 1 aromatic heterocycles. The summed E-state index contributed by atoms with van der Waals surface area (Å²) in [5.74, 6) is -0.613. The number of aromatic carboxylic acids is 1. The number of carbonyl (C=O) groups excluding carboxylic acids is 2. The number of benzene rings is 2. The molecule has 7 nitrogen and oxygen atoms in total. The molecule has 2 amide bonds. The lowest BCUT2D eigenvalue weighted by atomic mass is 10.2. The average molecular weight is 477 g/mol. The third kappa shape index (κ3) is 4.77. The minimum absolute atomic E-state index is 0.172. The molecule has 1 aliphatic rings. The normalized spacial score (nSPS) is 14.8. The Balaban J connectivity index is 1.49. The second kappa shape index (κ2) is 9.61. The van der Waals surface area contributed by atoms with Crippen molar-refractivity contribution < 1.29 is 24.2 Å². The van der Waals surface area contributed by atoms with Crippen LogP contribution in [0.3, 0.4) is 0 Å². The molecular weight excluding hydrogens is 452 g/mol. The van der Waals surface area contributed by atoms with Crippen molar-refractivity contribution >= 4 is 35.0 Å². The van der Waals surface area contributed by atoms with E-state index < -0.39 is 5.97 Å². The molecule has 1 fully saturated rings. The molecule has 0 aliphatic carbocycles. The Labute approximate surface area is 201 Å². The van der Waals surface area contributed by atoms with Crippen LogP contribution in [0.2, 0.25) is 0 Å². The molecule has 174 valence electrons. The van der Waals surface area contributed by atoms with Gasteiger partial charge in [-0.3, -0.25) is 14.5 Å². The van der Waals surface area contributed by atoms with Crippen molar-refractivity contribution in [2.75, 3.05) is 13.2 Å². The summed E-state index contributed by atoms with van der Waals surface area (Å²) in [7, 11) is 0. The largest absolute Gasteiger partial charge is 0.492 e. The van der Waals surface area contributed by atoms with E-state index in [-0.39, 0.29) is 29.9 Å². The van der Waals surface area contributed by atoms with Gasteiger partial charge >= 0.3 is 5.97 Å². The van der Waals surface area contributed by atoms with E-state index >= 15 is 0 Å². The Hall–Kier alpha value is -3.78. The molecule has 0 atom stereocenters. The molecule has 0 bridgehead atoms. The maximum absolute atomic E-state index is 12.9. The quantitative estimate of drug-likeness (QED) is 0.471. The number of thioether (sulfide) groups is 1. The molecule has 1 aliphatic heterocycles. The van der Waals surface area contributed by atoms with Crippen LogP contribution >= 0.6 is 11.8 Å². The second-order valence-corrected chi connectivity index (χ2v) is 9.01. The average Bonchev–Trinajstić information content (AvgIpc) is 3.22. The van der Waals surface area contributed by atoms with Gasteiger partial charge in [0.1, 0.15) is 12.4 Å². The number of imide groups is 1. The standard InChI is InChI=1S/C26H24N2O5S/c1-16-5-4-6-22(13-16)33-12-11-27-24(29)23(34-26(27)32)15-20-14-17(2)28(18(20)3)21-9-7-19(8-10-21)25(30)31/h4-10,13-15H,11-12H2,1-3H3,(H,30,31)/b23-15-. The molecule has 0 spiro atoms. The highest BCUT2D eigenvalue weighted by molar-refractivity contribution is 8.18. The Morgan fingerprint density at radius 2 is 1.79 bits per heavy atom. The molecule has 2 heterocycles. The predicted octanol–water partition coefficient (Wildman–Crippen LogP) is 5.22. The van der Waals surface area contributed by atoms with E-state index in [0.717, 1.165) is 40.0 Å². The molecule has 0 radical (unpaired) electrons. The number of hydrogen-bond donors (Lipinski definition) is 1. The number of ether oxygens (including phenoxy) is 1. The fourth-order valence-corrected chi connectivity index (χ4v) is 4.73. The molecule has 3 aromatic rings. The number of carbonyl (C=O) groups is 3. The third-order valence-electron chi connectivity index (χ3n) is 5.58. The topological polar surface area (TPSA) is 88.8 Å². The molecular formula is C26H24N2O5S. The minimum Gasteiger partial charge on any atom is -0.492 e. The van der Waals surface area contributed by atoms with Crippen LogP contribution in [0.4, 0.5) is 4.79 Å². The summed E-state index contributed by atoms with van der Waals surface area (Å²) >= 11 is 0.919. The number of hydrogen-bond acceptors (Lipinski definition) is 5. The van der Waals surface area contributed by atoms with Crippen molar-refractivity contribution in [3.05, 3.63) is 87.6 Å². The summed E-state index contributed by atoms with van der Waals surface area (Å²) in [5, 5.41) is 8.80. The zero-order valence-electron chi connectivity index (χ0n) is 19.1. The van der Waals surface area contributed by atoms with Crippen molar-refractivity contribution in [3.8, 4) is 11.4 Å². The zero-order valence-corrected chi connectivity index (χ0v) is 19.9. The van der Waals surface area contributed by atoms with Crippen LogP contribution in [-0.4, -0.2) is 44.8 Å². The number of carboxylic acid groups (broad SMARTS) is 1. The Morgan fingerprint density at radius 1 is 1.06 bits per heavy atom. The van der Waals surface area contributed by atoms with E-state index in [1.165, 1.54) is 4.90 Å². The Kier molecular flexibility index (Phi) is 6.61. The van der Waals surface area contributed by atoms with Gasteiger partial charge in [0.2, 0.25) is 0 Å². The lowest BCUT2D eigenvalue weighted by Crippen LogP contribution is -2.32. The monoisotopic (exact) mass is 476 g/mol. The zero-order chi connectivity index (χ0) is 24.4. The second-order valence-electron chi connectivity index (χ2n) is 8.01. The first kappa shape index (κ1) is 23.4. The van der Waals surface area contributed by atoms with Crippen LogP contribution in [0.15, 0.2) is 59.5 Å². The Bertz CT molecular complexity index is 1310. The highest BCUT2D eigenvalue weighted by Gasteiger charge is 2.35. The maximum atomic E-state index is 12.9. The van der Waals surface area contributed by atoms with Gasteiger partial charge in [-0.1, -0.05) is 12.1 Å². The van der Waals surface area contributed by atoms with Crippen molar-refractivity contribution in [1.82, 2.24) is 9.47 Å². The fourth-order valence-electron chi connectivity index (χ4n) is 3.88. The fraction of sp³-hybridized carbons (Fsp3) is 0.192. The van der Waals surface area contributed by atoms with Crippen LogP contribution in [0.25, 0.3) is 11.8 Å². The van der Waals surface area contributed by atoms with Crippen molar-refractivity contribution in [2.24, 2.45) is 0 Å². The van der Waals surface area contributed by atoms with Gasteiger partial charge in [-0.05, 0) is 92.2 Å². The first-order valence-electron chi connectivity index (χ1n) is 10.7. The van der Waals surface area contributed by atoms with Crippen molar-refractivity contribution in [2.45, 2.75) is 20.8 Å². The summed E-state index contributed by atoms with van der Waals surface area (Å²) in [6.45, 7) is 6.21. The van der Waals surface area contributed by atoms with Gasteiger partial charge < -0.3 is 14.4 Å². The number of rotatable bonds is 7. The van der Waals surface area contributed by atoms with E-state index in [0.29, 0.717) is 10.7 Å². The van der Waals surface area contributed by atoms with Gasteiger partial charge in [0.05, 0.1) is 17.0 Å². The van der Waals surface area contributed by atoms with Crippen LogP contribution < -0.4 is 4.74 Å². The van der Waals surface area contributed by atoms with Gasteiger partial charge in [0.25, 0.3) is 11.1 Å². The van der Waals surface area contributed by atoms with Gasteiger partial charge in [-0.25, -0.2) is 4.79 Å². The van der Waals surface area contributed by atoms with Crippen LogP contribution in [0, 0.1) is 20.8 Å². The first-order valence-corrected chi connectivity index (χ1v) is 11.5. The summed E-state index contributed by atoms with van der Waals surface area (Å²) in [4.78, 5) is 38.0. The summed E-state index contributed by atoms with van der Waals surface area (Å²) < 4.78 is 7.68. The van der Waals surface area contributed by atoms with Gasteiger partial charge in [0, 0.05) is 17.1 Å². The lowest BCUT2D eigenvalue weighted by Gasteiger charge is -2.13. The van der Waals surface area contributed by atoms with Gasteiger partial charge in [-0.2, -0.15) is 0 Å². The van der Waals surface area contributed by atoms with Gasteiger partial charge in [-0.15, -0.1) is 0 Å². The first-order chi connectivity index (χ1) is 16.2. The van der Waals surface area contributed by atoms with E-state index in [9.17, 15) is 14.4 Å². The van der Waals surface area contributed by atoms with E-state index in [2.05, 4.69) is 0 Å². The molecule has 4 rings (SSSR count). The molecule has 1 N–H and O–H groups in total. The summed E-state index contributed by atoms with van der Waals surface area (Å²) in [6, 6.07) is 16.1. The third-order valence-corrected chi connectivity index (χ3v) is 6.48. The number of amides is 2. The highest BCUT2D eigenvalue weighted by Crippen LogP contribution is 2.33. The molecule has 0 saturated carbocycles. The minimum atomic E-state index is -0.979.